The fourth-order valence-corrected chi connectivity index (χ4v) is 6.75. The number of benzene rings is 3. The lowest BCUT2D eigenvalue weighted by Crippen LogP contribution is -2.30. The minimum Gasteiger partial charge on any atom is -0.496 e. The maximum atomic E-state index is 13.6. The number of thiophene rings is 1. The zero-order chi connectivity index (χ0) is 34.0. The predicted octanol–water partition coefficient (Wildman–Crippen LogP) is 7.43. The first kappa shape index (κ1) is 34.2. The van der Waals surface area contributed by atoms with Crippen LogP contribution in [0.4, 0.5) is 10.8 Å². The number of thioether (sulfide) groups is 1. The summed E-state index contributed by atoms with van der Waals surface area (Å²) in [6.07, 6.45) is 1.51. The van der Waals surface area contributed by atoms with Gasteiger partial charge >= 0.3 is 0 Å². The number of rotatable bonds is 13. The molecule has 0 bridgehead atoms. The Kier molecular flexibility index (Phi) is 11.5. The van der Waals surface area contributed by atoms with Gasteiger partial charge in [-0.2, -0.15) is 0 Å². The van der Waals surface area contributed by atoms with Crippen LogP contribution in [0.2, 0.25) is 0 Å². The lowest BCUT2D eigenvalue weighted by atomic mass is 10.1. The summed E-state index contributed by atoms with van der Waals surface area (Å²) >= 11 is 4.35. The van der Waals surface area contributed by atoms with Gasteiger partial charge in [0.1, 0.15) is 11.4 Å². The van der Waals surface area contributed by atoms with Crippen LogP contribution in [0.1, 0.15) is 22.8 Å². The highest BCUT2D eigenvalue weighted by atomic mass is 32.2. The summed E-state index contributed by atoms with van der Waals surface area (Å²) in [6.45, 7) is 1.82. The van der Waals surface area contributed by atoms with Crippen molar-refractivity contribution >= 4 is 69.1 Å². The number of thiazole rings is 1. The fraction of sp³-hybridized carbons (Fsp3) is 0.143. The summed E-state index contributed by atoms with van der Waals surface area (Å²) in [5, 5.41) is 12.5. The highest BCUT2D eigenvalue weighted by molar-refractivity contribution is 8.00. The molecule has 5 aromatic rings. The van der Waals surface area contributed by atoms with Crippen molar-refractivity contribution in [1.29, 1.82) is 0 Å². The predicted molar refractivity (Wildman–Crippen MR) is 192 cm³/mol. The lowest BCUT2D eigenvalue weighted by Gasteiger charge is -2.15. The third kappa shape index (κ3) is 8.62. The Morgan fingerprint density at radius 1 is 0.833 bits per heavy atom. The van der Waals surface area contributed by atoms with E-state index in [0.717, 1.165) is 15.5 Å². The lowest BCUT2D eigenvalue weighted by molar-refractivity contribution is -0.115. The molecule has 0 fully saturated rings. The second kappa shape index (κ2) is 16.1. The molecule has 246 valence electrons. The second-order valence-corrected chi connectivity index (χ2v) is 13.3. The molecule has 3 aromatic carbocycles. The van der Waals surface area contributed by atoms with Gasteiger partial charge in [0, 0.05) is 33.2 Å². The van der Waals surface area contributed by atoms with Crippen molar-refractivity contribution in [2.75, 3.05) is 32.0 Å². The molecule has 5 rings (SSSR count). The molecule has 2 aromatic heterocycles. The van der Waals surface area contributed by atoms with E-state index in [1.165, 1.54) is 50.5 Å². The fourth-order valence-electron chi connectivity index (χ4n) is 4.41. The quantitative estimate of drug-likeness (QED) is 0.0855. The molecule has 0 aliphatic carbocycles. The van der Waals surface area contributed by atoms with Gasteiger partial charge in [-0.3, -0.25) is 14.4 Å². The summed E-state index contributed by atoms with van der Waals surface area (Å²) in [5.74, 6) is 0.0837. The van der Waals surface area contributed by atoms with Crippen LogP contribution in [-0.2, 0) is 9.59 Å². The van der Waals surface area contributed by atoms with Crippen molar-refractivity contribution in [3.63, 3.8) is 0 Å². The monoisotopic (exact) mass is 700 g/mol. The number of aromatic nitrogens is 1. The van der Waals surface area contributed by atoms with E-state index < -0.39 is 17.1 Å². The van der Waals surface area contributed by atoms with Gasteiger partial charge < -0.3 is 30.2 Å². The van der Waals surface area contributed by atoms with Crippen LogP contribution < -0.4 is 30.2 Å². The van der Waals surface area contributed by atoms with Gasteiger partial charge in [0.15, 0.2) is 16.6 Å². The van der Waals surface area contributed by atoms with Gasteiger partial charge in [-0.05, 0) is 66.9 Å². The summed E-state index contributed by atoms with van der Waals surface area (Å²) in [5.41, 5.74) is 2.16. The molecule has 13 heteroatoms. The minimum absolute atomic E-state index is 0.0254. The Bertz CT molecular complexity index is 1910. The average Bonchev–Trinajstić information content (AvgIpc) is 3.82. The van der Waals surface area contributed by atoms with Crippen molar-refractivity contribution in [2.24, 2.45) is 0 Å². The number of nitrogens with one attached hydrogen (secondary N) is 3. The van der Waals surface area contributed by atoms with E-state index in [9.17, 15) is 14.4 Å². The highest BCUT2D eigenvalue weighted by Crippen LogP contribution is 2.36. The van der Waals surface area contributed by atoms with Gasteiger partial charge in [-0.15, -0.1) is 34.4 Å². The summed E-state index contributed by atoms with van der Waals surface area (Å²) < 4.78 is 16.3. The maximum Gasteiger partial charge on any atom is 0.272 e. The molecule has 10 nitrogen and oxygen atoms in total. The van der Waals surface area contributed by atoms with Crippen LogP contribution >= 0.6 is 34.4 Å². The minimum atomic E-state index is -0.561. The van der Waals surface area contributed by atoms with Crippen LogP contribution in [0.3, 0.4) is 0 Å². The van der Waals surface area contributed by atoms with E-state index in [-0.39, 0.29) is 11.6 Å². The Morgan fingerprint density at radius 2 is 1.54 bits per heavy atom. The average molecular weight is 701 g/mol. The number of ether oxygens (including phenoxy) is 3. The van der Waals surface area contributed by atoms with Gasteiger partial charge in [0.2, 0.25) is 5.91 Å². The molecule has 2 heterocycles. The molecule has 0 radical (unpaired) electrons. The molecular formula is C35H32N4O6S3. The second-order valence-electron chi connectivity index (χ2n) is 10.1. The molecule has 0 aliphatic rings. The van der Waals surface area contributed by atoms with Crippen LogP contribution in [0.5, 0.6) is 17.2 Å². The van der Waals surface area contributed by atoms with Crippen molar-refractivity contribution < 1.29 is 28.6 Å². The molecule has 0 saturated heterocycles. The number of carbonyl (C=O) groups is 3. The molecule has 1 unspecified atom stereocenters. The molecule has 3 amide bonds. The zero-order valence-electron chi connectivity index (χ0n) is 26.4. The topological polar surface area (TPSA) is 128 Å². The number of anilines is 2. The number of hydrogen-bond acceptors (Lipinski definition) is 10. The van der Waals surface area contributed by atoms with E-state index in [1.54, 1.807) is 65.9 Å². The van der Waals surface area contributed by atoms with Gasteiger partial charge in [0.25, 0.3) is 11.8 Å². The largest absolute Gasteiger partial charge is 0.496 e. The number of hydrogen-bond donors (Lipinski definition) is 3. The first-order valence-corrected chi connectivity index (χ1v) is 17.2. The zero-order valence-corrected chi connectivity index (χ0v) is 28.9. The van der Waals surface area contributed by atoms with Crippen molar-refractivity contribution in [3.8, 4) is 27.8 Å². The van der Waals surface area contributed by atoms with Crippen molar-refractivity contribution in [3.05, 3.63) is 106 Å². The Labute approximate surface area is 290 Å². The highest BCUT2D eigenvalue weighted by Gasteiger charge is 2.19. The Hall–Kier alpha value is -5.11. The van der Waals surface area contributed by atoms with Gasteiger partial charge in [-0.1, -0.05) is 24.3 Å². The summed E-state index contributed by atoms with van der Waals surface area (Å²) in [6, 6.07) is 22.9. The van der Waals surface area contributed by atoms with E-state index in [0.29, 0.717) is 39.2 Å². The van der Waals surface area contributed by atoms with Gasteiger partial charge in [0.05, 0.1) is 37.2 Å². The Balaban J connectivity index is 1.29. The van der Waals surface area contributed by atoms with Crippen LogP contribution in [-0.4, -0.2) is 49.3 Å². The first-order valence-electron chi connectivity index (χ1n) is 14.5. The van der Waals surface area contributed by atoms with Crippen LogP contribution in [0.15, 0.2) is 100 Å². The molecule has 0 spiro atoms. The molecular weight excluding hydrogens is 669 g/mol. The summed E-state index contributed by atoms with van der Waals surface area (Å²) in [4.78, 5) is 46.0. The third-order valence-corrected chi connectivity index (χ3v) is 9.63. The molecule has 1 atom stereocenters. The molecule has 0 saturated carbocycles. The Morgan fingerprint density at radius 3 is 2.21 bits per heavy atom. The normalized spacial score (nSPS) is 11.7. The standard InChI is InChI=1S/C35H32N4O6S3/c1-21(32(40)39-35-38-27(20-47-35)31-11-8-16-46-31)48-25-14-12-24(13-15-25)36-34(42)26(37-33(41)22-9-6-5-7-10-22)17-23-18-29(44-3)30(45-4)19-28(23)43-2/h5-21H,1-4H3,(H,36,42)(H,37,41)(H,38,39,40)/b26-17-. The van der Waals surface area contributed by atoms with E-state index in [1.807, 2.05) is 41.9 Å². The number of nitrogens with zero attached hydrogens (tertiary/aromatic N) is 1. The van der Waals surface area contributed by atoms with Crippen LogP contribution in [0, 0.1) is 0 Å². The molecule has 48 heavy (non-hydrogen) atoms. The van der Waals surface area contributed by atoms with Gasteiger partial charge in [-0.25, -0.2) is 4.98 Å². The summed E-state index contributed by atoms with van der Waals surface area (Å²) in [7, 11) is 4.50. The first-order chi connectivity index (χ1) is 23.3. The van der Waals surface area contributed by atoms with E-state index in [4.69, 9.17) is 14.2 Å². The van der Waals surface area contributed by atoms with Crippen LogP contribution in [0.25, 0.3) is 16.6 Å². The maximum absolute atomic E-state index is 13.6. The number of methoxy groups -OCH3 is 3. The molecule has 3 N–H and O–H groups in total. The SMILES string of the molecule is COc1cc(OC)c(OC)cc1/C=C(\NC(=O)c1ccccc1)C(=O)Nc1ccc(SC(C)C(=O)Nc2nc(-c3cccs3)cs2)cc1. The van der Waals surface area contributed by atoms with Crippen molar-refractivity contribution in [2.45, 2.75) is 17.1 Å². The smallest absolute Gasteiger partial charge is 0.272 e. The number of carbonyl (C=O) groups excluding carboxylic acids is 3. The van der Waals surface area contributed by atoms with E-state index >= 15 is 0 Å². The third-order valence-electron chi connectivity index (χ3n) is 6.87. The van der Waals surface area contributed by atoms with Crippen molar-refractivity contribution in [1.82, 2.24) is 10.3 Å². The molecule has 0 aliphatic heterocycles. The number of amides is 3. The van der Waals surface area contributed by atoms with E-state index in [2.05, 4.69) is 20.9 Å².